The Morgan fingerprint density at radius 2 is 1.83 bits per heavy atom. The molecule has 1 amide bonds. The molecule has 4 nitrogen and oxygen atoms in total. The van der Waals surface area contributed by atoms with Crippen LogP contribution in [0.5, 0.6) is 5.75 Å². The van der Waals surface area contributed by atoms with Crippen LogP contribution < -0.4 is 4.74 Å². The maximum absolute atomic E-state index is 12.9. The Morgan fingerprint density at radius 1 is 1.17 bits per heavy atom. The molecule has 1 aromatic rings. The molecule has 2 fully saturated rings. The Morgan fingerprint density at radius 3 is 2.39 bits per heavy atom. The fourth-order valence-electron chi connectivity index (χ4n) is 3.74. The van der Waals surface area contributed by atoms with Crippen molar-refractivity contribution in [3.63, 3.8) is 0 Å². The lowest BCUT2D eigenvalue weighted by molar-refractivity contribution is 0.0601. The van der Waals surface area contributed by atoms with Gasteiger partial charge in [0.25, 0.3) is 5.91 Å². The summed E-state index contributed by atoms with van der Waals surface area (Å²) < 4.78 is 10.5. The van der Waals surface area contributed by atoms with Crippen LogP contribution in [0.25, 0.3) is 0 Å². The highest BCUT2D eigenvalue weighted by Crippen LogP contribution is 2.40. The number of methoxy groups -OCH3 is 1. The summed E-state index contributed by atoms with van der Waals surface area (Å²) in [6, 6.07) is 8.36. The predicted octanol–water partition coefficient (Wildman–Crippen LogP) is 3.21. The van der Waals surface area contributed by atoms with E-state index in [1.54, 1.807) is 7.11 Å². The van der Waals surface area contributed by atoms with Crippen LogP contribution in [-0.4, -0.2) is 54.7 Å². The van der Waals surface area contributed by atoms with E-state index in [0.29, 0.717) is 30.5 Å². The Balaban J connectivity index is 1.64. The largest absolute Gasteiger partial charge is 0.491 e. The van der Waals surface area contributed by atoms with Gasteiger partial charge in [0.2, 0.25) is 0 Å². The van der Waals surface area contributed by atoms with Crippen molar-refractivity contribution in [3.8, 4) is 5.75 Å². The SMILES string of the molecule is COCCOc1ccc(C(=O)N2C3CCC2CC(SC)C3)cc1. The lowest BCUT2D eigenvalue weighted by atomic mass is 10.0. The number of rotatable bonds is 6. The number of hydrogen-bond acceptors (Lipinski definition) is 4. The average molecular weight is 335 g/mol. The van der Waals surface area contributed by atoms with Gasteiger partial charge in [-0.25, -0.2) is 0 Å². The minimum atomic E-state index is 0.181. The van der Waals surface area contributed by atoms with Gasteiger partial charge in [0, 0.05) is 30.0 Å². The third kappa shape index (κ3) is 3.66. The molecule has 2 unspecified atom stereocenters. The number of carbonyl (C=O) groups excluding carboxylic acids is 1. The first-order chi connectivity index (χ1) is 11.2. The number of benzene rings is 1. The molecule has 1 aromatic carbocycles. The van der Waals surface area contributed by atoms with E-state index in [1.807, 2.05) is 36.0 Å². The number of hydrogen-bond donors (Lipinski definition) is 0. The van der Waals surface area contributed by atoms with Crippen molar-refractivity contribution in [1.29, 1.82) is 0 Å². The summed E-state index contributed by atoms with van der Waals surface area (Å²) in [5.41, 5.74) is 0.767. The molecule has 2 heterocycles. The molecular formula is C18H25NO3S. The van der Waals surface area contributed by atoms with Crippen molar-refractivity contribution in [1.82, 2.24) is 4.90 Å². The Bertz CT molecular complexity index is 520. The van der Waals surface area contributed by atoms with Crippen molar-refractivity contribution in [2.75, 3.05) is 26.6 Å². The zero-order valence-corrected chi connectivity index (χ0v) is 14.7. The highest BCUT2D eigenvalue weighted by atomic mass is 32.2. The van der Waals surface area contributed by atoms with Gasteiger partial charge in [-0.2, -0.15) is 11.8 Å². The highest BCUT2D eigenvalue weighted by Gasteiger charge is 2.43. The summed E-state index contributed by atoms with van der Waals surface area (Å²) in [6.45, 7) is 1.09. The monoisotopic (exact) mass is 335 g/mol. The number of nitrogens with zero attached hydrogens (tertiary/aromatic N) is 1. The molecule has 126 valence electrons. The molecule has 0 aromatic heterocycles. The van der Waals surface area contributed by atoms with Crippen LogP contribution in [0.15, 0.2) is 24.3 Å². The van der Waals surface area contributed by atoms with Gasteiger partial charge >= 0.3 is 0 Å². The van der Waals surface area contributed by atoms with Gasteiger partial charge in [-0.3, -0.25) is 4.79 Å². The van der Waals surface area contributed by atoms with E-state index in [4.69, 9.17) is 9.47 Å². The van der Waals surface area contributed by atoms with Crippen LogP contribution in [0.2, 0.25) is 0 Å². The van der Waals surface area contributed by atoms with Gasteiger partial charge in [-0.1, -0.05) is 0 Å². The van der Waals surface area contributed by atoms with Crippen LogP contribution in [0.1, 0.15) is 36.0 Å². The van der Waals surface area contributed by atoms with Crippen LogP contribution in [0.4, 0.5) is 0 Å². The number of amides is 1. The molecule has 23 heavy (non-hydrogen) atoms. The fraction of sp³-hybridized carbons (Fsp3) is 0.611. The minimum Gasteiger partial charge on any atom is -0.491 e. The van der Waals surface area contributed by atoms with E-state index >= 15 is 0 Å². The van der Waals surface area contributed by atoms with E-state index in [2.05, 4.69) is 11.2 Å². The van der Waals surface area contributed by atoms with Gasteiger partial charge in [-0.05, 0) is 56.2 Å². The summed E-state index contributed by atoms with van der Waals surface area (Å²) in [5.74, 6) is 0.961. The molecule has 0 N–H and O–H groups in total. The minimum absolute atomic E-state index is 0.181. The molecule has 0 radical (unpaired) electrons. The molecule has 2 aliphatic heterocycles. The van der Waals surface area contributed by atoms with Crippen LogP contribution >= 0.6 is 11.8 Å². The van der Waals surface area contributed by atoms with E-state index < -0.39 is 0 Å². The van der Waals surface area contributed by atoms with Gasteiger partial charge in [0.1, 0.15) is 12.4 Å². The van der Waals surface area contributed by atoms with Crippen molar-refractivity contribution in [2.45, 2.75) is 43.0 Å². The molecule has 3 rings (SSSR count). The summed E-state index contributed by atoms with van der Waals surface area (Å²) in [4.78, 5) is 15.0. The van der Waals surface area contributed by atoms with Crippen molar-refractivity contribution >= 4 is 17.7 Å². The second-order valence-corrected chi connectivity index (χ2v) is 7.43. The third-order valence-electron chi connectivity index (χ3n) is 4.92. The van der Waals surface area contributed by atoms with Crippen LogP contribution in [-0.2, 0) is 4.74 Å². The molecule has 0 aliphatic carbocycles. The van der Waals surface area contributed by atoms with E-state index in [0.717, 1.165) is 37.0 Å². The first-order valence-corrected chi connectivity index (χ1v) is 9.59. The number of thioether (sulfide) groups is 1. The zero-order chi connectivity index (χ0) is 16.2. The normalized spacial score (nSPS) is 26.3. The average Bonchev–Trinajstić information content (AvgIpc) is 2.85. The second kappa shape index (κ2) is 7.58. The lowest BCUT2D eigenvalue weighted by Crippen LogP contribution is -2.47. The van der Waals surface area contributed by atoms with Gasteiger partial charge in [0.15, 0.2) is 0 Å². The molecular weight excluding hydrogens is 310 g/mol. The van der Waals surface area contributed by atoms with Gasteiger partial charge in [0.05, 0.1) is 6.61 Å². The smallest absolute Gasteiger partial charge is 0.254 e. The quantitative estimate of drug-likeness (QED) is 0.748. The second-order valence-electron chi connectivity index (χ2n) is 6.29. The molecule has 5 heteroatoms. The van der Waals surface area contributed by atoms with Gasteiger partial charge < -0.3 is 14.4 Å². The number of ether oxygens (including phenoxy) is 2. The van der Waals surface area contributed by atoms with Gasteiger partial charge in [-0.15, -0.1) is 0 Å². The Labute approximate surface area is 142 Å². The van der Waals surface area contributed by atoms with E-state index in [1.165, 1.54) is 0 Å². The highest BCUT2D eigenvalue weighted by molar-refractivity contribution is 7.99. The molecule has 2 saturated heterocycles. The summed E-state index contributed by atoms with van der Waals surface area (Å²) in [5, 5.41) is 0.716. The van der Waals surface area contributed by atoms with E-state index in [9.17, 15) is 4.79 Å². The molecule has 0 saturated carbocycles. The van der Waals surface area contributed by atoms with Crippen molar-refractivity contribution in [3.05, 3.63) is 29.8 Å². The lowest BCUT2D eigenvalue weighted by Gasteiger charge is -2.38. The first-order valence-electron chi connectivity index (χ1n) is 8.30. The maximum atomic E-state index is 12.9. The Hall–Kier alpha value is -1.20. The predicted molar refractivity (Wildman–Crippen MR) is 93.3 cm³/mol. The maximum Gasteiger partial charge on any atom is 0.254 e. The fourth-order valence-corrected chi connectivity index (χ4v) is 4.57. The standard InChI is InChI=1S/C18H25NO3S/c1-21-9-10-22-16-7-3-13(4-8-16)18(20)19-14-5-6-15(19)12-17(11-14)23-2/h3-4,7-8,14-15,17H,5-6,9-12H2,1-2H3. The first kappa shape index (κ1) is 16.7. The molecule has 2 bridgehead atoms. The molecule has 0 spiro atoms. The van der Waals surface area contributed by atoms with Crippen molar-refractivity contribution in [2.24, 2.45) is 0 Å². The third-order valence-corrected chi connectivity index (χ3v) is 5.97. The summed E-state index contributed by atoms with van der Waals surface area (Å²) >= 11 is 1.95. The van der Waals surface area contributed by atoms with Crippen LogP contribution in [0, 0.1) is 0 Å². The Kier molecular flexibility index (Phi) is 5.49. The summed E-state index contributed by atoms with van der Waals surface area (Å²) in [6.07, 6.45) is 6.78. The summed E-state index contributed by atoms with van der Waals surface area (Å²) in [7, 11) is 1.65. The molecule has 2 aliphatic rings. The van der Waals surface area contributed by atoms with Crippen molar-refractivity contribution < 1.29 is 14.3 Å². The topological polar surface area (TPSA) is 38.8 Å². The number of piperidine rings is 1. The number of fused-ring (bicyclic) bond motifs is 2. The van der Waals surface area contributed by atoms with Crippen LogP contribution in [0.3, 0.4) is 0 Å². The van der Waals surface area contributed by atoms with E-state index in [-0.39, 0.29) is 5.91 Å². The zero-order valence-electron chi connectivity index (χ0n) is 13.9. The molecule has 2 atom stereocenters. The number of carbonyl (C=O) groups is 1.